The molecule has 1 saturated heterocycles. The van der Waals surface area contributed by atoms with Crippen LogP contribution in [0.2, 0.25) is 0 Å². The molecule has 2 rings (SSSR count). The largest absolute Gasteiger partial charge is 0.416 e. The lowest BCUT2D eigenvalue weighted by molar-refractivity contribution is -0.137. The molecule has 1 atom stereocenters. The third-order valence-corrected chi connectivity index (χ3v) is 4.95. The van der Waals surface area contributed by atoms with Crippen LogP contribution in [0.4, 0.5) is 13.2 Å². The third-order valence-electron chi connectivity index (χ3n) is 4.95. The Morgan fingerprint density at radius 2 is 1.97 bits per heavy atom. The molecule has 0 amide bonds. The molecule has 29 heavy (non-hydrogen) atoms. The predicted molar refractivity (Wildman–Crippen MR) is 119 cm³/mol. The molecule has 1 aliphatic rings. The highest BCUT2D eigenvalue weighted by atomic mass is 127. The molecule has 0 saturated carbocycles. The maximum Gasteiger partial charge on any atom is 0.416 e. The van der Waals surface area contributed by atoms with Gasteiger partial charge >= 0.3 is 6.18 Å². The molecular formula is C20H31F3IN3O2. The van der Waals surface area contributed by atoms with Gasteiger partial charge in [0.05, 0.1) is 17.7 Å². The zero-order valence-electron chi connectivity index (χ0n) is 16.9. The Kier molecular flexibility index (Phi) is 10.7. The quantitative estimate of drug-likeness (QED) is 0.285. The Labute approximate surface area is 187 Å². The second-order valence-corrected chi connectivity index (χ2v) is 7.27. The lowest BCUT2D eigenvalue weighted by atomic mass is 9.95. The second-order valence-electron chi connectivity index (χ2n) is 7.27. The summed E-state index contributed by atoms with van der Waals surface area (Å²) in [6.07, 6.45) is -2.56. The lowest BCUT2D eigenvalue weighted by Crippen LogP contribution is -2.42. The van der Waals surface area contributed by atoms with Crippen molar-refractivity contribution in [1.82, 2.24) is 10.6 Å². The maximum absolute atomic E-state index is 12.9. The van der Waals surface area contributed by atoms with Crippen LogP contribution >= 0.6 is 24.0 Å². The summed E-state index contributed by atoms with van der Waals surface area (Å²) in [6.45, 7) is 6.45. The van der Waals surface area contributed by atoms with E-state index >= 15 is 0 Å². The molecule has 1 fully saturated rings. The van der Waals surface area contributed by atoms with E-state index in [0.29, 0.717) is 57.1 Å². The summed E-state index contributed by atoms with van der Waals surface area (Å²) in [5.74, 6) is 0.566. The van der Waals surface area contributed by atoms with Gasteiger partial charge in [-0.15, -0.1) is 24.0 Å². The number of benzene rings is 1. The maximum atomic E-state index is 12.9. The fourth-order valence-electron chi connectivity index (χ4n) is 3.07. The van der Waals surface area contributed by atoms with Gasteiger partial charge in [0, 0.05) is 39.1 Å². The van der Waals surface area contributed by atoms with Gasteiger partial charge in [0.25, 0.3) is 0 Å². The van der Waals surface area contributed by atoms with Crippen molar-refractivity contribution in [3.05, 3.63) is 35.4 Å². The van der Waals surface area contributed by atoms with Crippen molar-refractivity contribution in [2.75, 3.05) is 32.8 Å². The number of nitrogens with one attached hydrogen (secondary N) is 2. The fourth-order valence-corrected chi connectivity index (χ4v) is 3.07. The van der Waals surface area contributed by atoms with E-state index in [2.05, 4.69) is 15.6 Å². The molecule has 166 valence electrons. The molecule has 1 heterocycles. The first-order valence-electron chi connectivity index (χ1n) is 9.73. The van der Waals surface area contributed by atoms with Crippen LogP contribution in [-0.2, 0) is 10.9 Å². The Morgan fingerprint density at radius 3 is 2.59 bits per heavy atom. The summed E-state index contributed by atoms with van der Waals surface area (Å²) in [6, 6.07) is 5.47. The second kappa shape index (κ2) is 11.9. The first-order chi connectivity index (χ1) is 13.2. The molecule has 0 radical (unpaired) electrons. The van der Waals surface area contributed by atoms with Crippen LogP contribution < -0.4 is 10.6 Å². The topological polar surface area (TPSA) is 65.9 Å². The van der Waals surface area contributed by atoms with Gasteiger partial charge in [-0.2, -0.15) is 13.2 Å². The molecule has 3 N–H and O–H groups in total. The minimum Gasteiger partial charge on any atom is -0.388 e. The first kappa shape index (κ1) is 26.0. The van der Waals surface area contributed by atoms with Gasteiger partial charge in [0.15, 0.2) is 5.96 Å². The molecule has 5 nitrogen and oxygen atoms in total. The van der Waals surface area contributed by atoms with Gasteiger partial charge in [-0.3, -0.25) is 4.99 Å². The Hall–Kier alpha value is -1.07. The van der Waals surface area contributed by atoms with Crippen molar-refractivity contribution < 1.29 is 23.0 Å². The van der Waals surface area contributed by atoms with E-state index in [1.807, 2.05) is 13.8 Å². The smallest absolute Gasteiger partial charge is 0.388 e. The van der Waals surface area contributed by atoms with E-state index in [1.165, 1.54) is 12.1 Å². The Morgan fingerprint density at radius 1 is 1.28 bits per heavy atom. The van der Waals surface area contributed by atoms with Gasteiger partial charge in [-0.05, 0) is 30.9 Å². The summed E-state index contributed by atoms with van der Waals surface area (Å²) in [5.41, 5.74) is -0.800. The van der Waals surface area contributed by atoms with Crippen molar-refractivity contribution in [3.63, 3.8) is 0 Å². The number of nitrogens with zero attached hydrogens (tertiary/aromatic N) is 1. The third kappa shape index (κ3) is 8.67. The molecular weight excluding hydrogens is 498 g/mol. The Balaban J connectivity index is 0.00000420. The average molecular weight is 529 g/mol. The fraction of sp³-hybridized carbons (Fsp3) is 0.650. The van der Waals surface area contributed by atoms with Crippen LogP contribution in [-0.4, -0.2) is 49.5 Å². The highest BCUT2D eigenvalue weighted by molar-refractivity contribution is 14.0. The summed E-state index contributed by atoms with van der Waals surface area (Å²) in [5, 5.41) is 16.8. The molecule has 1 aliphatic heterocycles. The molecule has 0 bridgehead atoms. The molecule has 1 unspecified atom stereocenters. The lowest BCUT2D eigenvalue weighted by Gasteiger charge is -2.30. The molecule has 0 aliphatic carbocycles. The van der Waals surface area contributed by atoms with Crippen LogP contribution in [0, 0.1) is 0 Å². The van der Waals surface area contributed by atoms with Gasteiger partial charge in [0.1, 0.15) is 0 Å². The number of alkyl halides is 3. The van der Waals surface area contributed by atoms with Crippen molar-refractivity contribution >= 4 is 29.9 Å². The monoisotopic (exact) mass is 529 g/mol. The number of guanidine groups is 1. The molecule has 9 heteroatoms. The van der Waals surface area contributed by atoms with E-state index in [0.717, 1.165) is 6.07 Å². The minimum atomic E-state index is -4.33. The molecule has 1 aromatic rings. The Bertz CT molecular complexity index is 650. The van der Waals surface area contributed by atoms with Crippen molar-refractivity contribution in [2.24, 2.45) is 4.99 Å². The van der Waals surface area contributed by atoms with E-state index in [1.54, 1.807) is 6.07 Å². The van der Waals surface area contributed by atoms with Crippen LogP contribution in [0.25, 0.3) is 0 Å². The van der Waals surface area contributed by atoms with Gasteiger partial charge < -0.3 is 20.5 Å². The number of aliphatic imine (C=N–C) groups is 1. The average Bonchev–Trinajstić information content (AvgIpc) is 2.66. The van der Waals surface area contributed by atoms with E-state index in [4.69, 9.17) is 4.74 Å². The van der Waals surface area contributed by atoms with Crippen LogP contribution in [0.15, 0.2) is 29.3 Å². The number of hydrogen-bond acceptors (Lipinski definition) is 3. The summed E-state index contributed by atoms with van der Waals surface area (Å²) in [4.78, 5) is 4.47. The molecule has 0 spiro atoms. The van der Waals surface area contributed by atoms with E-state index < -0.39 is 17.3 Å². The van der Waals surface area contributed by atoms with Gasteiger partial charge in [-0.1, -0.05) is 25.1 Å². The first-order valence-corrected chi connectivity index (χ1v) is 9.73. The number of hydrogen-bond donors (Lipinski definition) is 3. The number of rotatable bonds is 7. The van der Waals surface area contributed by atoms with E-state index in [-0.39, 0.29) is 36.4 Å². The van der Waals surface area contributed by atoms with Crippen LogP contribution in [0.5, 0.6) is 0 Å². The van der Waals surface area contributed by atoms with Crippen LogP contribution in [0.1, 0.15) is 50.2 Å². The summed E-state index contributed by atoms with van der Waals surface area (Å²) < 4.78 is 43.9. The summed E-state index contributed by atoms with van der Waals surface area (Å²) >= 11 is 0. The number of aliphatic hydroxyl groups is 1. The SMILES string of the molecule is CCNC(=NCC1(O)CCOCC1)NCCC(C)c1cccc(C(F)(F)F)c1.I. The van der Waals surface area contributed by atoms with Gasteiger partial charge in [0.2, 0.25) is 0 Å². The predicted octanol–water partition coefficient (Wildman–Crippen LogP) is 3.91. The highest BCUT2D eigenvalue weighted by Crippen LogP contribution is 2.31. The van der Waals surface area contributed by atoms with Gasteiger partial charge in [-0.25, -0.2) is 0 Å². The van der Waals surface area contributed by atoms with E-state index in [9.17, 15) is 18.3 Å². The van der Waals surface area contributed by atoms with Crippen molar-refractivity contribution in [3.8, 4) is 0 Å². The standard InChI is InChI=1S/C20H30F3N3O2.HI/c1-3-24-18(26-14-19(27)8-11-28-12-9-19)25-10-7-15(2)16-5-4-6-17(13-16)20(21,22)23;/h4-6,13,15,27H,3,7-12,14H2,1-2H3,(H2,24,25,26);1H. The normalized spacial score (nSPS) is 17.9. The highest BCUT2D eigenvalue weighted by Gasteiger charge is 2.31. The zero-order chi connectivity index (χ0) is 20.6. The van der Waals surface area contributed by atoms with Crippen molar-refractivity contribution in [2.45, 2.75) is 50.8 Å². The van der Waals surface area contributed by atoms with Crippen molar-refractivity contribution in [1.29, 1.82) is 0 Å². The summed E-state index contributed by atoms with van der Waals surface area (Å²) in [7, 11) is 0. The van der Waals surface area contributed by atoms with Crippen LogP contribution in [0.3, 0.4) is 0 Å². The zero-order valence-corrected chi connectivity index (χ0v) is 19.2. The molecule has 0 aromatic heterocycles. The number of ether oxygens (including phenoxy) is 1. The minimum absolute atomic E-state index is 0. The number of halogens is 4. The molecule has 1 aromatic carbocycles.